The van der Waals surface area contributed by atoms with Gasteiger partial charge in [-0.3, -0.25) is 9.59 Å². The van der Waals surface area contributed by atoms with E-state index in [2.05, 4.69) is 42.3 Å². The molecule has 0 atom stereocenters. The van der Waals surface area contributed by atoms with Crippen LogP contribution in [-0.2, 0) is 9.59 Å². The van der Waals surface area contributed by atoms with Gasteiger partial charge in [0.05, 0.1) is 0 Å². The Morgan fingerprint density at radius 1 is 1.08 bits per heavy atom. The van der Waals surface area contributed by atoms with Crippen LogP contribution in [0.1, 0.15) is 44.7 Å². The van der Waals surface area contributed by atoms with Gasteiger partial charge in [0.25, 0.3) is 0 Å². The Balaban J connectivity index is 1.75. The molecule has 1 aromatic rings. The molecule has 0 saturated carbocycles. The molecule has 0 bridgehead atoms. The fourth-order valence-electron chi connectivity index (χ4n) is 3.14. The molecule has 5 heteroatoms. The van der Waals surface area contributed by atoms with E-state index in [4.69, 9.17) is 0 Å². The van der Waals surface area contributed by atoms with Crippen LogP contribution in [0.5, 0.6) is 0 Å². The van der Waals surface area contributed by atoms with Gasteiger partial charge in [0.1, 0.15) is 0 Å². The second-order valence-corrected chi connectivity index (χ2v) is 8.20. The van der Waals surface area contributed by atoms with Crippen LogP contribution in [0.2, 0.25) is 0 Å². The molecule has 0 aliphatic carbocycles. The van der Waals surface area contributed by atoms with Crippen molar-refractivity contribution in [2.45, 2.75) is 47.5 Å². The number of benzene rings is 1. The van der Waals surface area contributed by atoms with Gasteiger partial charge in [0.15, 0.2) is 0 Å². The highest BCUT2D eigenvalue weighted by molar-refractivity contribution is 5.81. The van der Waals surface area contributed by atoms with Gasteiger partial charge in [0.2, 0.25) is 11.8 Å². The number of hydrogen-bond donors (Lipinski definition) is 1. The van der Waals surface area contributed by atoms with E-state index in [0.717, 1.165) is 26.2 Å². The van der Waals surface area contributed by atoms with Crippen LogP contribution in [0.4, 0.5) is 5.69 Å². The zero-order valence-electron chi connectivity index (χ0n) is 16.9. The fraction of sp³-hybridized carbons (Fsp3) is 0.619. The van der Waals surface area contributed by atoms with E-state index >= 15 is 0 Å². The van der Waals surface area contributed by atoms with Gasteiger partial charge in [-0.15, -0.1) is 0 Å². The summed E-state index contributed by atoms with van der Waals surface area (Å²) in [6, 6.07) is 6.40. The number of aryl methyl sites for hydroxylation is 1. The van der Waals surface area contributed by atoms with Crippen molar-refractivity contribution in [1.29, 1.82) is 0 Å². The van der Waals surface area contributed by atoms with Crippen molar-refractivity contribution in [3.63, 3.8) is 0 Å². The monoisotopic (exact) mass is 359 g/mol. The van der Waals surface area contributed by atoms with Gasteiger partial charge >= 0.3 is 0 Å². The molecule has 1 aromatic carbocycles. The Morgan fingerprint density at radius 3 is 2.35 bits per heavy atom. The van der Waals surface area contributed by atoms with Crippen molar-refractivity contribution in [2.24, 2.45) is 5.41 Å². The van der Waals surface area contributed by atoms with Crippen LogP contribution in [-0.4, -0.2) is 49.4 Å². The maximum atomic E-state index is 12.4. The van der Waals surface area contributed by atoms with Gasteiger partial charge in [0, 0.05) is 50.2 Å². The predicted octanol–water partition coefficient (Wildman–Crippen LogP) is 2.89. The lowest BCUT2D eigenvalue weighted by atomic mass is 9.96. The number of carbonyl (C=O) groups is 2. The average Bonchev–Trinajstić information content (AvgIpc) is 2.60. The molecule has 0 unspecified atom stereocenters. The molecule has 0 aromatic heterocycles. The number of amides is 2. The predicted molar refractivity (Wildman–Crippen MR) is 106 cm³/mol. The van der Waals surface area contributed by atoms with Crippen molar-refractivity contribution in [1.82, 2.24) is 10.2 Å². The van der Waals surface area contributed by atoms with E-state index in [-0.39, 0.29) is 17.2 Å². The molecular formula is C21H33N3O2. The molecule has 2 amide bonds. The molecule has 2 rings (SSSR count). The van der Waals surface area contributed by atoms with E-state index in [0.29, 0.717) is 19.4 Å². The van der Waals surface area contributed by atoms with E-state index < -0.39 is 0 Å². The Bertz CT molecular complexity index is 641. The summed E-state index contributed by atoms with van der Waals surface area (Å²) in [5.41, 5.74) is 3.52. The van der Waals surface area contributed by atoms with E-state index in [9.17, 15) is 9.59 Å². The van der Waals surface area contributed by atoms with Crippen molar-refractivity contribution >= 4 is 17.5 Å². The Kier molecular flexibility index (Phi) is 6.68. The van der Waals surface area contributed by atoms with Crippen molar-refractivity contribution in [3.8, 4) is 0 Å². The topological polar surface area (TPSA) is 52.6 Å². The summed E-state index contributed by atoms with van der Waals surface area (Å²) < 4.78 is 0. The molecular weight excluding hydrogens is 326 g/mol. The second kappa shape index (κ2) is 8.56. The number of anilines is 1. The first-order chi connectivity index (χ1) is 12.2. The van der Waals surface area contributed by atoms with Crippen molar-refractivity contribution in [3.05, 3.63) is 29.3 Å². The SMILES string of the molecule is Cc1cccc(N2CCN(C(=O)CCCNC(=O)C(C)(C)C)CC2)c1C. The minimum atomic E-state index is -0.381. The molecule has 5 nitrogen and oxygen atoms in total. The van der Waals surface area contributed by atoms with Crippen LogP contribution in [0, 0.1) is 19.3 Å². The number of hydrogen-bond acceptors (Lipinski definition) is 3. The van der Waals surface area contributed by atoms with Gasteiger partial charge < -0.3 is 15.1 Å². The quantitative estimate of drug-likeness (QED) is 0.823. The largest absolute Gasteiger partial charge is 0.368 e. The average molecular weight is 360 g/mol. The summed E-state index contributed by atoms with van der Waals surface area (Å²) in [7, 11) is 0. The van der Waals surface area contributed by atoms with Gasteiger partial charge in [-0.05, 0) is 37.5 Å². The van der Waals surface area contributed by atoms with Gasteiger partial charge in [-0.1, -0.05) is 32.9 Å². The van der Waals surface area contributed by atoms with Gasteiger partial charge in [-0.25, -0.2) is 0 Å². The van der Waals surface area contributed by atoms with Crippen molar-refractivity contribution < 1.29 is 9.59 Å². The molecule has 1 aliphatic rings. The Morgan fingerprint density at radius 2 is 1.73 bits per heavy atom. The molecule has 26 heavy (non-hydrogen) atoms. The van der Waals surface area contributed by atoms with E-state index in [1.807, 2.05) is 25.7 Å². The summed E-state index contributed by atoms with van der Waals surface area (Å²) in [5.74, 6) is 0.225. The highest BCUT2D eigenvalue weighted by Crippen LogP contribution is 2.24. The molecule has 1 N–H and O–H groups in total. The number of nitrogens with zero attached hydrogens (tertiary/aromatic N) is 2. The number of rotatable bonds is 5. The lowest BCUT2D eigenvalue weighted by Gasteiger charge is -2.37. The third-order valence-corrected chi connectivity index (χ3v) is 5.08. The molecule has 1 saturated heterocycles. The summed E-state index contributed by atoms with van der Waals surface area (Å²) in [4.78, 5) is 28.5. The Hall–Kier alpha value is -2.04. The van der Waals surface area contributed by atoms with Crippen LogP contribution in [0.3, 0.4) is 0 Å². The summed E-state index contributed by atoms with van der Waals surface area (Å²) in [6.45, 7) is 13.8. The first kappa shape index (κ1) is 20.3. The first-order valence-corrected chi connectivity index (χ1v) is 9.57. The fourth-order valence-corrected chi connectivity index (χ4v) is 3.14. The zero-order chi connectivity index (χ0) is 19.3. The lowest BCUT2D eigenvalue weighted by Crippen LogP contribution is -2.49. The molecule has 1 fully saturated rings. The lowest BCUT2D eigenvalue weighted by molar-refractivity contribution is -0.132. The third-order valence-electron chi connectivity index (χ3n) is 5.08. The summed E-state index contributed by atoms with van der Waals surface area (Å²) in [6.07, 6.45) is 1.19. The van der Waals surface area contributed by atoms with Gasteiger partial charge in [-0.2, -0.15) is 0 Å². The maximum Gasteiger partial charge on any atom is 0.225 e. The number of nitrogens with one attached hydrogen (secondary N) is 1. The Labute approximate surface area is 157 Å². The molecule has 0 spiro atoms. The molecule has 144 valence electrons. The smallest absolute Gasteiger partial charge is 0.225 e. The van der Waals surface area contributed by atoms with Crippen molar-refractivity contribution in [2.75, 3.05) is 37.6 Å². The van der Waals surface area contributed by atoms with Crippen LogP contribution in [0.15, 0.2) is 18.2 Å². The van der Waals surface area contributed by atoms with E-state index in [1.165, 1.54) is 16.8 Å². The summed E-state index contributed by atoms with van der Waals surface area (Å²) >= 11 is 0. The highest BCUT2D eigenvalue weighted by atomic mass is 16.2. The minimum absolute atomic E-state index is 0.0343. The van der Waals surface area contributed by atoms with Crippen LogP contribution < -0.4 is 10.2 Å². The second-order valence-electron chi connectivity index (χ2n) is 8.20. The minimum Gasteiger partial charge on any atom is -0.368 e. The number of piperazine rings is 1. The molecule has 1 aliphatic heterocycles. The zero-order valence-corrected chi connectivity index (χ0v) is 16.9. The standard InChI is InChI=1S/C21H33N3O2/c1-16-8-6-9-18(17(16)2)23-12-14-24(15-13-23)19(25)10-7-11-22-20(26)21(3,4)5/h6,8-9H,7,10-15H2,1-5H3,(H,22,26). The van der Waals surface area contributed by atoms with Crippen LogP contribution >= 0.6 is 0 Å². The first-order valence-electron chi connectivity index (χ1n) is 9.57. The molecule has 1 heterocycles. The molecule has 0 radical (unpaired) electrons. The van der Waals surface area contributed by atoms with E-state index in [1.54, 1.807) is 0 Å². The highest BCUT2D eigenvalue weighted by Gasteiger charge is 2.23. The number of carbonyl (C=O) groups excluding carboxylic acids is 2. The third kappa shape index (κ3) is 5.23. The summed E-state index contributed by atoms with van der Waals surface area (Å²) in [5, 5.41) is 2.90. The maximum absolute atomic E-state index is 12.4. The normalized spacial score (nSPS) is 15.1. The van der Waals surface area contributed by atoms with Crippen LogP contribution in [0.25, 0.3) is 0 Å².